The summed E-state index contributed by atoms with van der Waals surface area (Å²) in [6.45, 7) is 4.50. The molecule has 0 fully saturated rings. The molecule has 0 saturated carbocycles. The van der Waals surface area contributed by atoms with Gasteiger partial charge in [0.15, 0.2) is 0 Å². The zero-order valence-corrected chi connectivity index (χ0v) is 27.0. The van der Waals surface area contributed by atoms with Crippen LogP contribution in [0.5, 0.6) is 0 Å². The molecule has 46 heavy (non-hydrogen) atoms. The molecule has 4 aromatic carbocycles. The van der Waals surface area contributed by atoms with Gasteiger partial charge in [-0.15, -0.1) is 0 Å². The summed E-state index contributed by atoms with van der Waals surface area (Å²) in [4.78, 5) is 0. The Balaban J connectivity index is 1.35. The van der Waals surface area contributed by atoms with Gasteiger partial charge in [0.2, 0.25) is 0 Å². The standard InChI is InChI=1S/C44H42O2/c1-3-5-15-39-29-41-35-17-7-11-31(25-35)21-22-32-12-8-18-36(26-32)42-30-40(16-6-4-2)44(46-42)38-20-10-14-34(28-38)24-23-33-13-9-19-37(27-33)43(39)45-41/h7-14,17-22,25-30H,3-6,15-16,23-24H2,1-2H3/b22-21-. The van der Waals surface area contributed by atoms with Crippen molar-refractivity contribution in [3.8, 4) is 45.3 Å². The number of rotatable bonds is 6. The third-order valence-electron chi connectivity index (χ3n) is 9.11. The molecule has 0 atom stereocenters. The number of furan rings is 2. The molecule has 2 nitrogen and oxygen atoms in total. The van der Waals surface area contributed by atoms with Gasteiger partial charge in [0.1, 0.15) is 23.0 Å². The molecule has 0 aliphatic carbocycles. The molecule has 0 N–H and O–H groups in total. The van der Waals surface area contributed by atoms with Gasteiger partial charge in [-0.3, -0.25) is 0 Å². The Kier molecular flexibility index (Phi) is 8.87. The first-order chi connectivity index (χ1) is 22.7. The minimum atomic E-state index is 0.926. The minimum Gasteiger partial charge on any atom is -0.456 e. The predicted octanol–water partition coefficient (Wildman–Crippen LogP) is 12.5. The van der Waals surface area contributed by atoms with Gasteiger partial charge >= 0.3 is 0 Å². The summed E-state index contributed by atoms with van der Waals surface area (Å²) in [6.07, 6.45) is 12.9. The van der Waals surface area contributed by atoms with Crippen LogP contribution in [-0.4, -0.2) is 0 Å². The largest absolute Gasteiger partial charge is 0.456 e. The highest BCUT2D eigenvalue weighted by molar-refractivity contribution is 5.77. The molecule has 0 amide bonds. The van der Waals surface area contributed by atoms with Crippen LogP contribution in [0.25, 0.3) is 57.4 Å². The Hall–Kier alpha value is -4.82. The van der Waals surface area contributed by atoms with Crippen LogP contribution in [0, 0.1) is 0 Å². The van der Waals surface area contributed by atoms with Crippen LogP contribution in [0.3, 0.4) is 0 Å². The van der Waals surface area contributed by atoms with Gasteiger partial charge in [-0.2, -0.15) is 0 Å². The van der Waals surface area contributed by atoms with Crippen molar-refractivity contribution in [2.45, 2.75) is 65.2 Å². The summed E-state index contributed by atoms with van der Waals surface area (Å²) in [7, 11) is 0. The summed E-state index contributed by atoms with van der Waals surface area (Å²) in [5, 5.41) is 0. The van der Waals surface area contributed by atoms with Gasteiger partial charge in [-0.25, -0.2) is 0 Å². The van der Waals surface area contributed by atoms with Crippen molar-refractivity contribution in [1.29, 1.82) is 0 Å². The van der Waals surface area contributed by atoms with Crippen LogP contribution in [0.15, 0.2) is 118 Å². The molecule has 7 rings (SSSR count). The van der Waals surface area contributed by atoms with Gasteiger partial charge in [-0.1, -0.05) is 112 Å². The topological polar surface area (TPSA) is 26.3 Å². The van der Waals surface area contributed by atoms with Crippen molar-refractivity contribution in [3.05, 3.63) is 143 Å². The second-order valence-corrected chi connectivity index (χ2v) is 12.6. The first-order valence-corrected chi connectivity index (χ1v) is 17.0. The second-order valence-electron chi connectivity index (χ2n) is 12.6. The minimum absolute atomic E-state index is 0.926. The van der Waals surface area contributed by atoms with Crippen molar-refractivity contribution in [2.75, 3.05) is 0 Å². The highest BCUT2D eigenvalue weighted by atomic mass is 16.3. The fourth-order valence-electron chi connectivity index (χ4n) is 6.55. The maximum absolute atomic E-state index is 6.69. The highest BCUT2D eigenvalue weighted by Gasteiger charge is 2.17. The van der Waals surface area contributed by atoms with E-state index in [1.807, 2.05) is 0 Å². The summed E-state index contributed by atoms with van der Waals surface area (Å²) in [5.74, 6) is 3.85. The van der Waals surface area contributed by atoms with Crippen LogP contribution in [-0.2, 0) is 25.7 Å². The molecule has 2 heteroatoms. The van der Waals surface area contributed by atoms with E-state index >= 15 is 0 Å². The van der Waals surface area contributed by atoms with Gasteiger partial charge in [0, 0.05) is 22.3 Å². The Labute approximate surface area is 273 Å². The van der Waals surface area contributed by atoms with Gasteiger partial charge in [-0.05, 0) is 108 Å². The third-order valence-corrected chi connectivity index (χ3v) is 9.11. The molecule has 0 unspecified atom stereocenters. The lowest BCUT2D eigenvalue weighted by molar-refractivity contribution is 0.592. The molecular weight excluding hydrogens is 560 g/mol. The lowest BCUT2D eigenvalue weighted by Crippen LogP contribution is -1.93. The van der Waals surface area contributed by atoms with Crippen LogP contribution in [0.4, 0.5) is 0 Å². The molecule has 0 saturated heterocycles. The molecule has 6 aromatic rings. The maximum Gasteiger partial charge on any atom is 0.138 e. The van der Waals surface area contributed by atoms with E-state index in [0.29, 0.717) is 0 Å². The van der Waals surface area contributed by atoms with E-state index in [0.717, 1.165) is 108 Å². The molecule has 0 spiro atoms. The van der Waals surface area contributed by atoms with Crippen molar-refractivity contribution < 1.29 is 8.83 Å². The number of fused-ring (bicyclic) bond motifs is 16. The van der Waals surface area contributed by atoms with E-state index in [9.17, 15) is 0 Å². The molecule has 2 aromatic heterocycles. The average Bonchev–Trinajstić information content (AvgIpc) is 3.73. The quantitative estimate of drug-likeness (QED) is 0.190. The second kappa shape index (κ2) is 13.7. The SMILES string of the molecule is CCCCc1cc2oc1-c1cccc(c1)CCc1cccc(c1)-c1oc(cc1CCCC)-c1cccc(c1)/C=C\c1cccc-2c1. The summed E-state index contributed by atoms with van der Waals surface area (Å²) in [5.41, 5.74) is 12.0. The van der Waals surface area contributed by atoms with Gasteiger partial charge in [0.05, 0.1) is 0 Å². The molecule has 3 heterocycles. The zero-order valence-electron chi connectivity index (χ0n) is 27.0. The number of hydrogen-bond donors (Lipinski definition) is 0. The van der Waals surface area contributed by atoms with Gasteiger partial charge < -0.3 is 8.83 Å². The monoisotopic (exact) mass is 602 g/mol. The Bertz CT molecular complexity index is 1840. The molecule has 12 bridgehead atoms. The Morgan fingerprint density at radius 1 is 0.478 bits per heavy atom. The molecule has 1 aliphatic rings. The lowest BCUT2D eigenvalue weighted by Gasteiger charge is -2.08. The van der Waals surface area contributed by atoms with Gasteiger partial charge in [0.25, 0.3) is 0 Å². The summed E-state index contributed by atoms with van der Waals surface area (Å²) >= 11 is 0. The first-order valence-electron chi connectivity index (χ1n) is 17.0. The fourth-order valence-corrected chi connectivity index (χ4v) is 6.55. The van der Waals surface area contributed by atoms with E-state index in [1.54, 1.807) is 0 Å². The summed E-state index contributed by atoms with van der Waals surface area (Å²) in [6, 6.07) is 39.7. The molecule has 230 valence electrons. The van der Waals surface area contributed by atoms with Crippen LogP contribution in [0.1, 0.15) is 72.9 Å². The average molecular weight is 603 g/mol. The normalized spacial score (nSPS) is 13.1. The third kappa shape index (κ3) is 6.58. The zero-order chi connectivity index (χ0) is 31.3. The van der Waals surface area contributed by atoms with Crippen LogP contribution >= 0.6 is 0 Å². The first kappa shape index (κ1) is 29.9. The van der Waals surface area contributed by atoms with Crippen LogP contribution < -0.4 is 0 Å². The van der Waals surface area contributed by atoms with Crippen LogP contribution in [0.2, 0.25) is 0 Å². The van der Waals surface area contributed by atoms with Crippen molar-refractivity contribution in [1.82, 2.24) is 0 Å². The molecule has 1 aliphatic heterocycles. The van der Waals surface area contributed by atoms with E-state index < -0.39 is 0 Å². The smallest absolute Gasteiger partial charge is 0.138 e. The molecular formula is C44H42O2. The number of unbranched alkanes of at least 4 members (excludes halogenated alkanes) is 2. The summed E-state index contributed by atoms with van der Waals surface area (Å²) < 4.78 is 13.4. The predicted molar refractivity (Wildman–Crippen MR) is 193 cm³/mol. The lowest BCUT2D eigenvalue weighted by atomic mass is 9.97. The van der Waals surface area contributed by atoms with Crippen molar-refractivity contribution in [3.63, 3.8) is 0 Å². The number of benzene rings is 4. The van der Waals surface area contributed by atoms with E-state index in [4.69, 9.17) is 8.83 Å². The van der Waals surface area contributed by atoms with E-state index in [2.05, 4.69) is 135 Å². The van der Waals surface area contributed by atoms with Crippen molar-refractivity contribution >= 4 is 12.2 Å². The number of hydrogen-bond acceptors (Lipinski definition) is 2. The highest BCUT2D eigenvalue weighted by Crippen LogP contribution is 2.37. The van der Waals surface area contributed by atoms with Crippen molar-refractivity contribution in [2.24, 2.45) is 0 Å². The fraction of sp³-hybridized carbons (Fsp3) is 0.227. The number of aryl methyl sites for hydroxylation is 4. The van der Waals surface area contributed by atoms with E-state index in [-0.39, 0.29) is 0 Å². The Morgan fingerprint density at radius 2 is 0.913 bits per heavy atom. The van der Waals surface area contributed by atoms with E-state index in [1.165, 1.54) is 22.3 Å². The Morgan fingerprint density at radius 3 is 1.37 bits per heavy atom. The maximum atomic E-state index is 6.69. The molecule has 0 radical (unpaired) electrons.